The molecular weight excluding hydrogens is 419 g/mol. The predicted molar refractivity (Wildman–Crippen MR) is 120 cm³/mol. The van der Waals surface area contributed by atoms with Gasteiger partial charge in [-0.1, -0.05) is 77.8 Å². The van der Waals surface area contributed by atoms with E-state index in [1.54, 1.807) is 30.1 Å². The second-order valence-corrected chi connectivity index (χ2v) is 7.77. The number of para-hydroxylation sites is 1. The molecule has 0 bridgehead atoms. The summed E-state index contributed by atoms with van der Waals surface area (Å²) in [5.74, 6) is -0.748. The zero-order valence-corrected chi connectivity index (χ0v) is 17.7. The SMILES string of the molecule is CN(C1=C(c2ccc(Cl)cc2Cl)C(=O)N(Cc2ccccc2)C1=O)c1ccccc1. The molecule has 2 amide bonds. The van der Waals surface area contributed by atoms with Crippen molar-refractivity contribution in [3.63, 3.8) is 0 Å². The maximum Gasteiger partial charge on any atom is 0.278 e. The summed E-state index contributed by atoms with van der Waals surface area (Å²) >= 11 is 12.5. The van der Waals surface area contributed by atoms with Crippen LogP contribution in [-0.2, 0) is 16.1 Å². The standard InChI is InChI=1S/C24H18Cl2N2O2/c1-27(18-10-6-3-7-11-18)22-21(19-13-12-17(25)14-20(19)26)23(29)28(24(22)30)15-16-8-4-2-5-9-16/h2-14H,15H2,1H3. The van der Waals surface area contributed by atoms with Gasteiger partial charge in [-0.2, -0.15) is 0 Å². The van der Waals surface area contributed by atoms with E-state index in [1.807, 2.05) is 60.7 Å². The highest BCUT2D eigenvalue weighted by molar-refractivity contribution is 6.41. The molecule has 150 valence electrons. The Bertz CT molecular complexity index is 1140. The Balaban J connectivity index is 1.83. The molecule has 0 radical (unpaired) electrons. The monoisotopic (exact) mass is 436 g/mol. The molecule has 0 saturated heterocycles. The van der Waals surface area contributed by atoms with Crippen LogP contribution in [-0.4, -0.2) is 23.8 Å². The van der Waals surface area contributed by atoms with Gasteiger partial charge in [0.15, 0.2) is 0 Å². The maximum atomic E-state index is 13.4. The van der Waals surface area contributed by atoms with Crippen molar-refractivity contribution in [3.8, 4) is 0 Å². The van der Waals surface area contributed by atoms with E-state index < -0.39 is 0 Å². The van der Waals surface area contributed by atoms with Crippen molar-refractivity contribution >= 4 is 46.3 Å². The Labute approximate surface area is 184 Å². The van der Waals surface area contributed by atoms with Gasteiger partial charge in [-0.15, -0.1) is 0 Å². The summed E-state index contributed by atoms with van der Waals surface area (Å²) in [6.45, 7) is 0.180. The number of benzene rings is 3. The van der Waals surface area contributed by atoms with Crippen molar-refractivity contribution < 1.29 is 9.59 Å². The van der Waals surface area contributed by atoms with Gasteiger partial charge in [0.05, 0.1) is 17.1 Å². The van der Waals surface area contributed by atoms with Gasteiger partial charge < -0.3 is 4.90 Å². The topological polar surface area (TPSA) is 40.6 Å². The average Bonchev–Trinajstić information content (AvgIpc) is 2.99. The molecule has 30 heavy (non-hydrogen) atoms. The minimum atomic E-state index is -0.383. The number of nitrogens with zero attached hydrogens (tertiary/aromatic N) is 2. The van der Waals surface area contributed by atoms with Crippen molar-refractivity contribution in [2.24, 2.45) is 0 Å². The van der Waals surface area contributed by atoms with Crippen molar-refractivity contribution in [3.05, 3.63) is 106 Å². The Morgan fingerprint density at radius 1 is 0.833 bits per heavy atom. The summed E-state index contributed by atoms with van der Waals surface area (Å²) in [7, 11) is 1.77. The normalized spacial score (nSPS) is 13.9. The molecule has 4 nitrogen and oxygen atoms in total. The molecule has 0 spiro atoms. The number of anilines is 1. The number of hydrogen-bond acceptors (Lipinski definition) is 3. The molecule has 0 unspecified atom stereocenters. The summed E-state index contributed by atoms with van der Waals surface area (Å²) in [6, 6.07) is 23.7. The van der Waals surface area contributed by atoms with Crippen molar-refractivity contribution in [1.29, 1.82) is 0 Å². The van der Waals surface area contributed by atoms with Crippen molar-refractivity contribution in [2.75, 3.05) is 11.9 Å². The highest BCUT2D eigenvalue weighted by Gasteiger charge is 2.41. The van der Waals surface area contributed by atoms with E-state index >= 15 is 0 Å². The molecule has 0 atom stereocenters. The number of hydrogen-bond donors (Lipinski definition) is 0. The Morgan fingerprint density at radius 3 is 2.10 bits per heavy atom. The minimum Gasteiger partial charge on any atom is -0.339 e. The maximum absolute atomic E-state index is 13.4. The van der Waals surface area contributed by atoms with Crippen LogP contribution in [0.3, 0.4) is 0 Å². The molecule has 3 aromatic rings. The van der Waals surface area contributed by atoms with E-state index in [-0.39, 0.29) is 29.6 Å². The summed E-state index contributed by atoms with van der Waals surface area (Å²) < 4.78 is 0. The van der Waals surface area contributed by atoms with Crippen LogP contribution in [0.15, 0.2) is 84.6 Å². The molecule has 1 aliphatic rings. The predicted octanol–water partition coefficient (Wildman–Crippen LogP) is 5.41. The molecular formula is C24H18Cl2N2O2. The fraction of sp³-hybridized carbons (Fsp3) is 0.0833. The summed E-state index contributed by atoms with van der Waals surface area (Å²) in [5.41, 5.74) is 2.69. The van der Waals surface area contributed by atoms with Gasteiger partial charge in [-0.25, -0.2) is 0 Å². The van der Waals surface area contributed by atoms with Crippen molar-refractivity contribution in [1.82, 2.24) is 4.90 Å². The highest BCUT2D eigenvalue weighted by atomic mass is 35.5. The van der Waals surface area contributed by atoms with Crippen LogP contribution in [0.4, 0.5) is 5.69 Å². The van der Waals surface area contributed by atoms with Crippen LogP contribution in [0.25, 0.3) is 5.57 Å². The second-order valence-electron chi connectivity index (χ2n) is 6.92. The van der Waals surface area contributed by atoms with Gasteiger partial charge in [-0.05, 0) is 29.8 Å². The molecule has 0 aliphatic carbocycles. The summed E-state index contributed by atoms with van der Waals surface area (Å²) in [6.07, 6.45) is 0. The van der Waals surface area contributed by atoms with Crippen LogP contribution < -0.4 is 4.90 Å². The molecule has 0 N–H and O–H groups in total. The van der Waals surface area contributed by atoms with Gasteiger partial charge in [-0.3, -0.25) is 14.5 Å². The number of likely N-dealkylation sites (N-methyl/N-ethyl adjacent to an activating group) is 1. The molecule has 1 aliphatic heterocycles. The lowest BCUT2D eigenvalue weighted by atomic mass is 10.0. The van der Waals surface area contributed by atoms with Gasteiger partial charge in [0.1, 0.15) is 5.70 Å². The average molecular weight is 437 g/mol. The fourth-order valence-corrected chi connectivity index (χ4v) is 4.00. The first kappa shape index (κ1) is 20.2. The third-order valence-electron chi connectivity index (χ3n) is 5.01. The van der Waals surface area contributed by atoms with E-state index in [0.717, 1.165) is 11.3 Å². The molecule has 6 heteroatoms. The Kier molecular flexibility index (Phi) is 5.62. The first-order valence-electron chi connectivity index (χ1n) is 9.36. The van der Waals surface area contributed by atoms with Gasteiger partial charge in [0.2, 0.25) is 0 Å². The zero-order chi connectivity index (χ0) is 21.3. The van der Waals surface area contributed by atoms with E-state index in [0.29, 0.717) is 15.6 Å². The number of carbonyl (C=O) groups is 2. The van der Waals surface area contributed by atoms with E-state index in [2.05, 4.69) is 0 Å². The van der Waals surface area contributed by atoms with E-state index in [4.69, 9.17) is 23.2 Å². The summed E-state index contributed by atoms with van der Waals surface area (Å²) in [4.78, 5) is 29.8. The molecule has 0 fully saturated rings. The Hall–Kier alpha value is -3.08. The van der Waals surface area contributed by atoms with E-state index in [1.165, 1.54) is 4.90 Å². The van der Waals surface area contributed by atoms with Crippen LogP contribution >= 0.6 is 23.2 Å². The number of imide groups is 1. The third-order valence-corrected chi connectivity index (χ3v) is 5.55. The first-order chi connectivity index (χ1) is 14.5. The molecule has 0 saturated carbocycles. The first-order valence-corrected chi connectivity index (χ1v) is 10.1. The fourth-order valence-electron chi connectivity index (χ4n) is 3.50. The minimum absolute atomic E-state index is 0.180. The number of amides is 2. The molecule has 3 aromatic carbocycles. The number of halogens is 2. The second kappa shape index (κ2) is 8.34. The summed E-state index contributed by atoms with van der Waals surface area (Å²) in [5, 5.41) is 0.777. The lowest BCUT2D eigenvalue weighted by Crippen LogP contribution is -2.33. The van der Waals surface area contributed by atoms with Gasteiger partial charge in [0.25, 0.3) is 11.8 Å². The third kappa shape index (κ3) is 3.72. The van der Waals surface area contributed by atoms with Crippen LogP contribution in [0.2, 0.25) is 10.0 Å². The van der Waals surface area contributed by atoms with Gasteiger partial charge >= 0.3 is 0 Å². The van der Waals surface area contributed by atoms with Crippen LogP contribution in [0.1, 0.15) is 11.1 Å². The van der Waals surface area contributed by atoms with Crippen LogP contribution in [0.5, 0.6) is 0 Å². The van der Waals surface area contributed by atoms with E-state index in [9.17, 15) is 9.59 Å². The number of carbonyl (C=O) groups excluding carboxylic acids is 2. The zero-order valence-electron chi connectivity index (χ0n) is 16.2. The number of rotatable bonds is 5. The molecule has 1 heterocycles. The molecule has 4 rings (SSSR count). The quantitative estimate of drug-likeness (QED) is 0.502. The van der Waals surface area contributed by atoms with Crippen LogP contribution in [0, 0.1) is 0 Å². The molecule has 0 aromatic heterocycles. The highest BCUT2D eigenvalue weighted by Crippen LogP contribution is 2.37. The van der Waals surface area contributed by atoms with Gasteiger partial charge in [0, 0.05) is 23.3 Å². The Morgan fingerprint density at radius 2 is 1.47 bits per heavy atom. The smallest absolute Gasteiger partial charge is 0.278 e. The lowest BCUT2D eigenvalue weighted by molar-refractivity contribution is -0.137. The largest absolute Gasteiger partial charge is 0.339 e. The van der Waals surface area contributed by atoms with Crippen molar-refractivity contribution in [2.45, 2.75) is 6.54 Å². The lowest BCUT2D eigenvalue weighted by Gasteiger charge is -2.21.